The lowest BCUT2D eigenvalue weighted by atomic mass is 10.2. The largest absolute Gasteiger partial charge is 0.508 e. The molecule has 0 aliphatic rings. The molecule has 1 atom stereocenters. The van der Waals surface area contributed by atoms with Crippen molar-refractivity contribution in [2.24, 2.45) is 0 Å². The lowest BCUT2D eigenvalue weighted by molar-refractivity contribution is 0.475. The van der Waals surface area contributed by atoms with Crippen LogP contribution in [0.4, 0.5) is 10.1 Å². The van der Waals surface area contributed by atoms with Gasteiger partial charge in [-0.05, 0) is 35.9 Å². The number of halogens is 1. The second kappa shape index (κ2) is 5.18. The molecule has 0 amide bonds. The summed E-state index contributed by atoms with van der Waals surface area (Å²) in [5.74, 6) is -0.328. The van der Waals surface area contributed by atoms with E-state index in [0.29, 0.717) is 11.3 Å². The summed E-state index contributed by atoms with van der Waals surface area (Å²) in [5, 5.41) is 9.30. The highest BCUT2D eigenvalue weighted by atomic mass is 32.2. The Morgan fingerprint density at radius 1 is 1.22 bits per heavy atom. The average Bonchev–Trinajstić information content (AvgIpc) is 2.28. The van der Waals surface area contributed by atoms with Crippen molar-refractivity contribution in [1.82, 2.24) is 0 Å². The highest BCUT2D eigenvalue weighted by Gasteiger charge is 2.11. The molecule has 2 rings (SSSR count). The van der Waals surface area contributed by atoms with Crippen LogP contribution in [0.2, 0.25) is 0 Å². The van der Waals surface area contributed by atoms with Crippen molar-refractivity contribution in [2.45, 2.75) is 10.6 Å². The molecular formula is C13H12FNO2S. The number of phenolic OH excluding ortho intramolecular Hbond substituents is 1. The fraction of sp³-hybridized carbons (Fsp3) is 0.0769. The zero-order chi connectivity index (χ0) is 13.1. The molecule has 1 unspecified atom stereocenters. The first-order chi connectivity index (χ1) is 8.56. The normalized spacial score (nSPS) is 12.3. The van der Waals surface area contributed by atoms with Crippen molar-refractivity contribution >= 4 is 16.5 Å². The first-order valence-electron chi connectivity index (χ1n) is 5.27. The smallest absolute Gasteiger partial charge is 0.141 e. The number of hydrogen-bond acceptors (Lipinski definition) is 3. The molecular weight excluding hydrogens is 253 g/mol. The van der Waals surface area contributed by atoms with E-state index in [9.17, 15) is 13.7 Å². The molecule has 0 aliphatic heterocycles. The van der Waals surface area contributed by atoms with Crippen LogP contribution >= 0.6 is 0 Å². The summed E-state index contributed by atoms with van der Waals surface area (Å²) in [5.41, 5.74) is 6.41. The van der Waals surface area contributed by atoms with E-state index in [1.54, 1.807) is 12.1 Å². The third-order valence-corrected chi connectivity index (χ3v) is 3.83. The van der Waals surface area contributed by atoms with E-state index < -0.39 is 16.6 Å². The van der Waals surface area contributed by atoms with Crippen LogP contribution in [-0.2, 0) is 16.6 Å². The Labute approximate surface area is 107 Å². The van der Waals surface area contributed by atoms with Gasteiger partial charge in [0.05, 0.1) is 21.4 Å². The monoisotopic (exact) mass is 265 g/mol. The minimum Gasteiger partial charge on any atom is -0.508 e. The van der Waals surface area contributed by atoms with E-state index in [-0.39, 0.29) is 16.4 Å². The third-order valence-electron chi connectivity index (χ3n) is 2.41. The molecule has 18 heavy (non-hydrogen) atoms. The zero-order valence-electron chi connectivity index (χ0n) is 9.47. The number of nitrogens with two attached hydrogens (primary N) is 1. The van der Waals surface area contributed by atoms with E-state index in [0.717, 1.165) is 6.07 Å². The maximum absolute atomic E-state index is 13.6. The number of rotatable bonds is 3. The quantitative estimate of drug-likeness (QED) is 0.838. The average molecular weight is 265 g/mol. The highest BCUT2D eigenvalue weighted by Crippen LogP contribution is 2.20. The van der Waals surface area contributed by atoms with Gasteiger partial charge < -0.3 is 10.8 Å². The molecule has 0 saturated carbocycles. The SMILES string of the molecule is Nc1ccc(S(=O)Cc2cccc(O)c2)c(F)c1. The minimum absolute atomic E-state index is 0.0993. The molecule has 2 aromatic carbocycles. The maximum Gasteiger partial charge on any atom is 0.141 e. The molecule has 0 saturated heterocycles. The standard InChI is InChI=1S/C13H12FNO2S/c14-12-7-10(15)4-5-13(12)18(17)8-9-2-1-3-11(16)6-9/h1-7,16H,8,15H2. The summed E-state index contributed by atoms with van der Waals surface area (Å²) in [6, 6.07) is 10.5. The van der Waals surface area contributed by atoms with E-state index in [2.05, 4.69) is 0 Å². The first-order valence-corrected chi connectivity index (χ1v) is 6.59. The molecule has 0 heterocycles. The minimum atomic E-state index is -1.50. The molecule has 0 bridgehead atoms. The summed E-state index contributed by atoms with van der Waals surface area (Å²) in [4.78, 5) is 0.118. The summed E-state index contributed by atoms with van der Waals surface area (Å²) >= 11 is 0. The molecule has 0 radical (unpaired) electrons. The third kappa shape index (κ3) is 2.87. The van der Waals surface area contributed by atoms with Crippen molar-refractivity contribution in [2.75, 3.05) is 5.73 Å². The number of benzene rings is 2. The van der Waals surface area contributed by atoms with Crippen LogP contribution in [0.1, 0.15) is 5.56 Å². The van der Waals surface area contributed by atoms with Gasteiger partial charge in [0.1, 0.15) is 11.6 Å². The van der Waals surface area contributed by atoms with Crippen LogP contribution < -0.4 is 5.73 Å². The van der Waals surface area contributed by atoms with Crippen molar-refractivity contribution in [3.8, 4) is 5.75 Å². The van der Waals surface area contributed by atoms with Crippen LogP contribution in [0.15, 0.2) is 47.4 Å². The van der Waals surface area contributed by atoms with Gasteiger partial charge in [0, 0.05) is 5.69 Å². The predicted octanol–water partition coefficient (Wildman–Crippen LogP) is 2.42. The lowest BCUT2D eigenvalue weighted by Gasteiger charge is -2.05. The van der Waals surface area contributed by atoms with Gasteiger partial charge in [-0.2, -0.15) is 0 Å². The summed E-state index contributed by atoms with van der Waals surface area (Å²) in [6.07, 6.45) is 0. The Balaban J connectivity index is 2.22. The summed E-state index contributed by atoms with van der Waals surface area (Å²) in [7, 11) is -1.50. The molecule has 3 N–H and O–H groups in total. The van der Waals surface area contributed by atoms with Crippen LogP contribution in [0.5, 0.6) is 5.75 Å². The van der Waals surface area contributed by atoms with Gasteiger partial charge in [-0.1, -0.05) is 12.1 Å². The molecule has 3 nitrogen and oxygen atoms in total. The Bertz CT molecular complexity index is 601. The van der Waals surface area contributed by atoms with Crippen LogP contribution in [0.25, 0.3) is 0 Å². The molecule has 0 aliphatic carbocycles. The number of aromatic hydroxyl groups is 1. The zero-order valence-corrected chi connectivity index (χ0v) is 10.3. The molecule has 2 aromatic rings. The number of nitrogen functional groups attached to an aromatic ring is 1. The fourth-order valence-corrected chi connectivity index (χ4v) is 2.71. The van der Waals surface area contributed by atoms with Crippen LogP contribution in [-0.4, -0.2) is 9.32 Å². The Kier molecular flexibility index (Phi) is 3.62. The number of hydrogen-bond donors (Lipinski definition) is 2. The maximum atomic E-state index is 13.6. The van der Waals surface area contributed by atoms with E-state index >= 15 is 0 Å². The first kappa shape index (κ1) is 12.6. The second-order valence-electron chi connectivity index (χ2n) is 3.85. The summed E-state index contributed by atoms with van der Waals surface area (Å²) in [6.45, 7) is 0. The second-order valence-corrected chi connectivity index (χ2v) is 5.27. The van der Waals surface area contributed by atoms with Gasteiger partial charge in [-0.25, -0.2) is 4.39 Å². The fourth-order valence-electron chi connectivity index (χ4n) is 1.58. The van der Waals surface area contributed by atoms with E-state index in [1.807, 2.05) is 0 Å². The number of anilines is 1. The van der Waals surface area contributed by atoms with E-state index in [4.69, 9.17) is 5.73 Å². The Hall–Kier alpha value is -1.88. The van der Waals surface area contributed by atoms with Crippen LogP contribution in [0.3, 0.4) is 0 Å². The Morgan fingerprint density at radius 3 is 2.67 bits per heavy atom. The van der Waals surface area contributed by atoms with Gasteiger partial charge in [0.2, 0.25) is 0 Å². The van der Waals surface area contributed by atoms with E-state index in [1.165, 1.54) is 24.3 Å². The van der Waals surface area contributed by atoms with Crippen molar-refractivity contribution in [3.05, 3.63) is 53.8 Å². The molecule has 94 valence electrons. The van der Waals surface area contributed by atoms with Crippen LogP contribution in [0, 0.1) is 5.82 Å². The lowest BCUT2D eigenvalue weighted by Crippen LogP contribution is -2.00. The molecule has 0 aromatic heterocycles. The topological polar surface area (TPSA) is 63.3 Å². The molecule has 0 spiro atoms. The highest BCUT2D eigenvalue weighted by molar-refractivity contribution is 7.84. The summed E-state index contributed by atoms with van der Waals surface area (Å²) < 4.78 is 25.6. The van der Waals surface area contributed by atoms with Gasteiger partial charge in [-0.15, -0.1) is 0 Å². The van der Waals surface area contributed by atoms with Crippen molar-refractivity contribution in [3.63, 3.8) is 0 Å². The van der Waals surface area contributed by atoms with Gasteiger partial charge in [0.15, 0.2) is 0 Å². The molecule has 0 fully saturated rings. The molecule has 5 heteroatoms. The van der Waals surface area contributed by atoms with Gasteiger partial charge in [-0.3, -0.25) is 4.21 Å². The number of phenols is 1. The van der Waals surface area contributed by atoms with Crippen molar-refractivity contribution in [1.29, 1.82) is 0 Å². The Morgan fingerprint density at radius 2 is 2.00 bits per heavy atom. The van der Waals surface area contributed by atoms with Gasteiger partial charge >= 0.3 is 0 Å². The van der Waals surface area contributed by atoms with Crippen molar-refractivity contribution < 1.29 is 13.7 Å². The predicted molar refractivity (Wildman–Crippen MR) is 69.0 cm³/mol. The van der Waals surface area contributed by atoms with Gasteiger partial charge in [0.25, 0.3) is 0 Å².